The average Bonchev–Trinajstić information content (AvgIpc) is 2.32. The van der Waals surface area contributed by atoms with Crippen LogP contribution in [0.5, 0.6) is 0 Å². The Labute approximate surface area is 106 Å². The van der Waals surface area contributed by atoms with Crippen molar-refractivity contribution in [1.29, 1.82) is 0 Å². The molecule has 0 saturated heterocycles. The van der Waals surface area contributed by atoms with Gasteiger partial charge in [-0.05, 0) is 24.3 Å². The van der Waals surface area contributed by atoms with Gasteiger partial charge in [0, 0.05) is 6.07 Å². The van der Waals surface area contributed by atoms with E-state index >= 15 is 0 Å². The van der Waals surface area contributed by atoms with Gasteiger partial charge in [-0.3, -0.25) is 0 Å². The van der Waals surface area contributed by atoms with E-state index in [4.69, 9.17) is 17.3 Å². The fourth-order valence-electron chi connectivity index (χ4n) is 1.42. The molecule has 0 heterocycles. The first kappa shape index (κ1) is 12.6. The Bertz CT molecular complexity index is 602. The van der Waals surface area contributed by atoms with Crippen molar-refractivity contribution in [3.05, 3.63) is 52.8 Å². The van der Waals surface area contributed by atoms with Crippen LogP contribution in [0.2, 0.25) is 5.02 Å². The number of hydrogen-bond donors (Lipinski definition) is 2. The summed E-state index contributed by atoms with van der Waals surface area (Å²) >= 11 is 5.59. The maximum absolute atomic E-state index is 13.7. The minimum absolute atomic E-state index is 0.0700. The van der Waals surface area contributed by atoms with Crippen molar-refractivity contribution in [2.45, 2.75) is 0 Å². The predicted octanol–water partition coefficient (Wildman–Crippen LogP) is 4.08. The summed E-state index contributed by atoms with van der Waals surface area (Å²) in [5.74, 6) is -2.37. The van der Waals surface area contributed by atoms with Crippen molar-refractivity contribution in [3.63, 3.8) is 0 Å². The number of nitrogens with one attached hydrogen (secondary N) is 1. The van der Waals surface area contributed by atoms with Gasteiger partial charge >= 0.3 is 0 Å². The third-order valence-corrected chi connectivity index (χ3v) is 2.61. The Morgan fingerprint density at radius 2 is 1.78 bits per heavy atom. The van der Waals surface area contributed by atoms with Crippen LogP contribution in [0.4, 0.5) is 30.2 Å². The second-order valence-corrected chi connectivity index (χ2v) is 3.98. The predicted molar refractivity (Wildman–Crippen MR) is 65.5 cm³/mol. The summed E-state index contributed by atoms with van der Waals surface area (Å²) in [6.07, 6.45) is 0. The third-order valence-electron chi connectivity index (χ3n) is 2.32. The Balaban J connectivity index is 2.43. The van der Waals surface area contributed by atoms with Crippen LogP contribution in [0, 0.1) is 17.5 Å². The van der Waals surface area contributed by atoms with Crippen molar-refractivity contribution in [3.8, 4) is 0 Å². The molecule has 0 unspecified atom stereocenters. The quantitative estimate of drug-likeness (QED) is 0.808. The monoisotopic (exact) mass is 272 g/mol. The summed E-state index contributed by atoms with van der Waals surface area (Å²) in [5, 5.41) is 2.31. The van der Waals surface area contributed by atoms with Crippen LogP contribution in [0.25, 0.3) is 0 Å². The number of hydrogen-bond acceptors (Lipinski definition) is 2. The Hall–Kier alpha value is -1.88. The highest BCUT2D eigenvalue weighted by Crippen LogP contribution is 2.31. The highest BCUT2D eigenvalue weighted by Gasteiger charge is 2.13. The molecule has 0 aliphatic rings. The zero-order chi connectivity index (χ0) is 13.3. The van der Waals surface area contributed by atoms with E-state index in [1.165, 1.54) is 12.1 Å². The molecule has 18 heavy (non-hydrogen) atoms. The van der Waals surface area contributed by atoms with E-state index in [2.05, 4.69) is 5.32 Å². The van der Waals surface area contributed by atoms with Crippen molar-refractivity contribution in [2.24, 2.45) is 0 Å². The summed E-state index contributed by atoms with van der Waals surface area (Å²) in [6.45, 7) is 0. The number of nitrogen functional groups attached to an aromatic ring is 1. The van der Waals surface area contributed by atoms with Crippen molar-refractivity contribution >= 4 is 28.7 Å². The molecule has 0 aromatic heterocycles. The highest BCUT2D eigenvalue weighted by atomic mass is 35.5. The van der Waals surface area contributed by atoms with Gasteiger partial charge in [0.05, 0.1) is 22.1 Å². The molecule has 0 fully saturated rings. The molecule has 0 atom stereocenters. The largest absolute Gasteiger partial charge is 0.397 e. The first-order chi connectivity index (χ1) is 8.49. The first-order valence-electron chi connectivity index (χ1n) is 4.94. The second kappa shape index (κ2) is 4.78. The van der Waals surface area contributed by atoms with Crippen LogP contribution in [-0.2, 0) is 0 Å². The molecule has 0 aliphatic heterocycles. The van der Waals surface area contributed by atoms with E-state index in [0.29, 0.717) is 6.07 Å². The Morgan fingerprint density at radius 3 is 2.44 bits per heavy atom. The van der Waals surface area contributed by atoms with E-state index in [0.717, 1.165) is 12.1 Å². The van der Waals surface area contributed by atoms with Crippen LogP contribution in [0.15, 0.2) is 30.3 Å². The van der Waals surface area contributed by atoms with Gasteiger partial charge < -0.3 is 11.1 Å². The van der Waals surface area contributed by atoms with Gasteiger partial charge in [0.2, 0.25) is 0 Å². The van der Waals surface area contributed by atoms with Crippen LogP contribution in [-0.4, -0.2) is 0 Å². The molecule has 94 valence electrons. The van der Waals surface area contributed by atoms with Crippen LogP contribution < -0.4 is 11.1 Å². The van der Waals surface area contributed by atoms with Gasteiger partial charge in [-0.1, -0.05) is 11.6 Å². The summed E-state index contributed by atoms with van der Waals surface area (Å²) in [6, 6.07) is 5.54. The van der Waals surface area contributed by atoms with E-state index in [9.17, 15) is 13.2 Å². The minimum Gasteiger partial charge on any atom is -0.397 e. The van der Waals surface area contributed by atoms with E-state index in [-0.39, 0.29) is 22.1 Å². The molecule has 0 amide bonds. The van der Waals surface area contributed by atoms with Crippen LogP contribution >= 0.6 is 11.6 Å². The Kier molecular flexibility index (Phi) is 3.34. The van der Waals surface area contributed by atoms with E-state index in [1.807, 2.05) is 0 Å². The molecule has 0 radical (unpaired) electrons. The molecule has 0 saturated carbocycles. The summed E-state index contributed by atoms with van der Waals surface area (Å²) in [4.78, 5) is 0. The molecular weight excluding hydrogens is 265 g/mol. The van der Waals surface area contributed by atoms with Gasteiger partial charge in [0.15, 0.2) is 5.82 Å². The van der Waals surface area contributed by atoms with Crippen molar-refractivity contribution < 1.29 is 13.2 Å². The average molecular weight is 273 g/mol. The lowest BCUT2D eigenvalue weighted by Gasteiger charge is -2.12. The molecule has 0 aliphatic carbocycles. The lowest BCUT2D eigenvalue weighted by Crippen LogP contribution is -2.01. The minimum atomic E-state index is -0.853. The molecule has 2 aromatic carbocycles. The normalized spacial score (nSPS) is 10.4. The lowest BCUT2D eigenvalue weighted by atomic mass is 10.2. The zero-order valence-electron chi connectivity index (χ0n) is 8.98. The number of nitrogens with two attached hydrogens (primary N) is 1. The first-order valence-corrected chi connectivity index (χ1v) is 5.32. The van der Waals surface area contributed by atoms with Crippen LogP contribution in [0.3, 0.4) is 0 Å². The fourth-order valence-corrected chi connectivity index (χ4v) is 1.58. The highest BCUT2D eigenvalue weighted by molar-refractivity contribution is 6.31. The maximum Gasteiger partial charge on any atom is 0.167 e. The smallest absolute Gasteiger partial charge is 0.167 e. The van der Waals surface area contributed by atoms with Gasteiger partial charge in [-0.25, -0.2) is 13.2 Å². The number of halogens is 4. The van der Waals surface area contributed by atoms with Crippen LogP contribution in [0.1, 0.15) is 0 Å². The number of benzene rings is 2. The van der Waals surface area contributed by atoms with E-state index in [1.54, 1.807) is 0 Å². The summed E-state index contributed by atoms with van der Waals surface area (Å²) < 4.78 is 39.8. The van der Waals surface area contributed by atoms with Gasteiger partial charge in [-0.15, -0.1) is 0 Å². The summed E-state index contributed by atoms with van der Waals surface area (Å²) in [5.41, 5.74) is 5.39. The standard InChI is InChI=1S/C12H8ClF3N2/c13-7-2-3-9(17)12(11(7)16)18-10-4-1-6(14)5-8(10)15/h1-5,18H,17H2. The maximum atomic E-state index is 13.7. The molecule has 2 aromatic rings. The molecule has 0 spiro atoms. The third kappa shape index (κ3) is 2.36. The zero-order valence-corrected chi connectivity index (χ0v) is 9.73. The van der Waals surface area contributed by atoms with Crippen molar-refractivity contribution in [2.75, 3.05) is 11.1 Å². The van der Waals surface area contributed by atoms with Gasteiger partial charge in [0.25, 0.3) is 0 Å². The molecule has 6 heteroatoms. The lowest BCUT2D eigenvalue weighted by molar-refractivity contribution is 0.585. The van der Waals surface area contributed by atoms with Crippen molar-refractivity contribution in [1.82, 2.24) is 0 Å². The fraction of sp³-hybridized carbons (Fsp3) is 0. The SMILES string of the molecule is Nc1ccc(Cl)c(F)c1Nc1ccc(F)cc1F. The Morgan fingerprint density at radius 1 is 1.06 bits per heavy atom. The molecule has 0 bridgehead atoms. The molecular formula is C12H8ClF3N2. The summed E-state index contributed by atoms with van der Waals surface area (Å²) in [7, 11) is 0. The second-order valence-electron chi connectivity index (χ2n) is 3.57. The molecule has 2 nitrogen and oxygen atoms in total. The van der Waals surface area contributed by atoms with E-state index < -0.39 is 17.5 Å². The van der Waals surface area contributed by atoms with Gasteiger partial charge in [0.1, 0.15) is 11.6 Å². The molecule has 3 N–H and O–H groups in total. The number of rotatable bonds is 2. The molecule has 2 rings (SSSR count). The number of anilines is 3. The topological polar surface area (TPSA) is 38.0 Å². The van der Waals surface area contributed by atoms with Gasteiger partial charge in [-0.2, -0.15) is 0 Å².